The Morgan fingerprint density at radius 1 is 1.00 bits per heavy atom. The minimum atomic E-state index is 1.10. The summed E-state index contributed by atoms with van der Waals surface area (Å²) in [5.41, 5.74) is 4.03. The van der Waals surface area contributed by atoms with Crippen molar-refractivity contribution in [3.05, 3.63) is 54.4 Å². The smallest absolute Gasteiger partial charge is 0.0443 e. The highest BCUT2D eigenvalue weighted by Gasteiger charge is 2.16. The standard InChI is InChI=1S/C14H14N2/c1-2-6-14-12(4-1)5-3-11-16(14)13-7-9-15-10-8-13/h1-2,4,6-10H,3,5,11H2. The molecule has 1 aromatic heterocycles. The van der Waals surface area contributed by atoms with Crippen molar-refractivity contribution in [2.45, 2.75) is 12.8 Å². The quantitative estimate of drug-likeness (QED) is 0.718. The fourth-order valence-corrected chi connectivity index (χ4v) is 2.33. The van der Waals surface area contributed by atoms with E-state index in [9.17, 15) is 0 Å². The lowest BCUT2D eigenvalue weighted by Gasteiger charge is -2.31. The van der Waals surface area contributed by atoms with E-state index in [1.165, 1.54) is 29.8 Å². The van der Waals surface area contributed by atoms with E-state index in [0.717, 1.165) is 6.54 Å². The summed E-state index contributed by atoms with van der Waals surface area (Å²) in [6.45, 7) is 1.10. The predicted molar refractivity (Wildman–Crippen MR) is 66.0 cm³/mol. The molecule has 2 nitrogen and oxygen atoms in total. The molecule has 2 heterocycles. The van der Waals surface area contributed by atoms with Gasteiger partial charge in [-0.15, -0.1) is 0 Å². The molecule has 0 aliphatic carbocycles. The second kappa shape index (κ2) is 3.97. The van der Waals surface area contributed by atoms with Crippen LogP contribution in [0.3, 0.4) is 0 Å². The number of benzene rings is 1. The maximum Gasteiger partial charge on any atom is 0.0443 e. The molecule has 0 saturated heterocycles. The molecule has 0 amide bonds. The Morgan fingerprint density at radius 3 is 2.69 bits per heavy atom. The molecule has 0 N–H and O–H groups in total. The number of fused-ring (bicyclic) bond motifs is 1. The molecule has 1 aliphatic heterocycles. The molecular formula is C14H14N2. The van der Waals surface area contributed by atoms with Crippen molar-refractivity contribution in [2.24, 2.45) is 0 Å². The fraction of sp³-hybridized carbons (Fsp3) is 0.214. The summed E-state index contributed by atoms with van der Waals surface area (Å²) in [6.07, 6.45) is 6.12. The average Bonchev–Trinajstić information content (AvgIpc) is 2.39. The van der Waals surface area contributed by atoms with Crippen molar-refractivity contribution < 1.29 is 0 Å². The average molecular weight is 210 g/mol. The van der Waals surface area contributed by atoms with Crippen LogP contribution < -0.4 is 4.90 Å². The van der Waals surface area contributed by atoms with Gasteiger partial charge in [-0.3, -0.25) is 4.98 Å². The molecule has 2 aromatic rings. The summed E-state index contributed by atoms with van der Waals surface area (Å²) in [5, 5.41) is 0. The number of pyridine rings is 1. The third-order valence-electron chi connectivity index (χ3n) is 3.08. The molecule has 0 unspecified atom stereocenters. The first-order valence-electron chi connectivity index (χ1n) is 5.70. The third-order valence-corrected chi connectivity index (χ3v) is 3.08. The van der Waals surface area contributed by atoms with Crippen molar-refractivity contribution >= 4 is 11.4 Å². The van der Waals surface area contributed by atoms with Gasteiger partial charge in [0, 0.05) is 30.3 Å². The number of aromatic nitrogens is 1. The first-order valence-corrected chi connectivity index (χ1v) is 5.70. The SMILES string of the molecule is c1ccc2c(c1)CCCN2c1ccncc1. The Bertz CT molecular complexity index is 479. The number of rotatable bonds is 1. The van der Waals surface area contributed by atoms with Crippen LogP contribution >= 0.6 is 0 Å². The molecule has 0 bridgehead atoms. The molecule has 1 aliphatic rings. The molecule has 80 valence electrons. The molecule has 0 saturated carbocycles. The van der Waals surface area contributed by atoms with Gasteiger partial charge in [-0.2, -0.15) is 0 Å². The van der Waals surface area contributed by atoms with Crippen LogP contribution in [0.4, 0.5) is 11.4 Å². The molecule has 0 fully saturated rings. The van der Waals surface area contributed by atoms with E-state index in [1.54, 1.807) is 0 Å². The normalized spacial score (nSPS) is 14.6. The zero-order valence-corrected chi connectivity index (χ0v) is 9.13. The maximum absolute atomic E-state index is 4.07. The lowest BCUT2D eigenvalue weighted by Crippen LogP contribution is -2.24. The second-order valence-corrected chi connectivity index (χ2v) is 4.09. The molecule has 3 rings (SSSR count). The van der Waals surface area contributed by atoms with E-state index in [0.29, 0.717) is 0 Å². The van der Waals surface area contributed by atoms with Crippen LogP contribution in [-0.4, -0.2) is 11.5 Å². The van der Waals surface area contributed by atoms with E-state index in [2.05, 4.69) is 46.3 Å². The lowest BCUT2D eigenvalue weighted by molar-refractivity contribution is 0.766. The highest BCUT2D eigenvalue weighted by atomic mass is 15.1. The molecular weight excluding hydrogens is 196 g/mol. The van der Waals surface area contributed by atoms with Crippen LogP contribution in [0.25, 0.3) is 0 Å². The minimum Gasteiger partial charge on any atom is -0.341 e. The van der Waals surface area contributed by atoms with Crippen LogP contribution in [-0.2, 0) is 6.42 Å². The predicted octanol–water partition coefficient (Wildman–Crippen LogP) is 3.17. The zero-order valence-electron chi connectivity index (χ0n) is 9.13. The van der Waals surface area contributed by atoms with E-state index in [4.69, 9.17) is 0 Å². The van der Waals surface area contributed by atoms with Crippen LogP contribution in [0.1, 0.15) is 12.0 Å². The highest BCUT2D eigenvalue weighted by Crippen LogP contribution is 2.32. The van der Waals surface area contributed by atoms with E-state index in [1.807, 2.05) is 12.4 Å². The molecule has 1 aromatic carbocycles. The van der Waals surface area contributed by atoms with Crippen molar-refractivity contribution in [1.29, 1.82) is 0 Å². The topological polar surface area (TPSA) is 16.1 Å². The molecule has 0 spiro atoms. The van der Waals surface area contributed by atoms with Crippen molar-refractivity contribution in [2.75, 3.05) is 11.4 Å². The summed E-state index contributed by atoms with van der Waals surface area (Å²) in [5.74, 6) is 0. The first kappa shape index (κ1) is 9.40. The number of anilines is 2. The van der Waals surface area contributed by atoms with Crippen LogP contribution in [0, 0.1) is 0 Å². The minimum absolute atomic E-state index is 1.10. The van der Waals surface area contributed by atoms with Gasteiger partial charge in [-0.05, 0) is 36.6 Å². The van der Waals surface area contributed by atoms with Gasteiger partial charge in [-0.1, -0.05) is 18.2 Å². The van der Waals surface area contributed by atoms with Gasteiger partial charge >= 0.3 is 0 Å². The zero-order chi connectivity index (χ0) is 10.8. The van der Waals surface area contributed by atoms with Crippen molar-refractivity contribution in [3.63, 3.8) is 0 Å². The number of aryl methyl sites for hydroxylation is 1. The third kappa shape index (κ3) is 1.56. The van der Waals surface area contributed by atoms with E-state index < -0.39 is 0 Å². The lowest BCUT2D eigenvalue weighted by atomic mass is 10.0. The monoisotopic (exact) mass is 210 g/mol. The van der Waals surface area contributed by atoms with Crippen molar-refractivity contribution in [3.8, 4) is 0 Å². The molecule has 0 radical (unpaired) electrons. The fourth-order valence-electron chi connectivity index (χ4n) is 2.33. The summed E-state index contributed by atoms with van der Waals surface area (Å²) in [4.78, 5) is 6.45. The Kier molecular flexibility index (Phi) is 2.33. The second-order valence-electron chi connectivity index (χ2n) is 4.09. The van der Waals surface area contributed by atoms with Gasteiger partial charge in [0.25, 0.3) is 0 Å². The number of para-hydroxylation sites is 1. The number of nitrogens with zero attached hydrogens (tertiary/aromatic N) is 2. The van der Waals surface area contributed by atoms with Crippen LogP contribution in [0.2, 0.25) is 0 Å². The van der Waals surface area contributed by atoms with E-state index >= 15 is 0 Å². The van der Waals surface area contributed by atoms with Gasteiger partial charge in [0.05, 0.1) is 0 Å². The first-order chi connectivity index (χ1) is 7.95. The van der Waals surface area contributed by atoms with Gasteiger partial charge in [-0.25, -0.2) is 0 Å². The summed E-state index contributed by atoms with van der Waals surface area (Å²) >= 11 is 0. The van der Waals surface area contributed by atoms with E-state index in [-0.39, 0.29) is 0 Å². The molecule has 16 heavy (non-hydrogen) atoms. The van der Waals surface area contributed by atoms with Gasteiger partial charge < -0.3 is 4.90 Å². The largest absolute Gasteiger partial charge is 0.341 e. The Morgan fingerprint density at radius 2 is 1.81 bits per heavy atom. The maximum atomic E-state index is 4.07. The van der Waals surface area contributed by atoms with Crippen LogP contribution in [0.15, 0.2) is 48.8 Å². The summed E-state index contributed by atoms with van der Waals surface area (Å²) < 4.78 is 0. The summed E-state index contributed by atoms with van der Waals surface area (Å²) in [6, 6.07) is 12.8. The highest BCUT2D eigenvalue weighted by molar-refractivity contribution is 5.67. The van der Waals surface area contributed by atoms with Gasteiger partial charge in [0.15, 0.2) is 0 Å². The number of hydrogen-bond donors (Lipinski definition) is 0. The number of hydrogen-bond acceptors (Lipinski definition) is 2. The molecule has 2 heteroatoms. The van der Waals surface area contributed by atoms with Gasteiger partial charge in [0.2, 0.25) is 0 Å². The van der Waals surface area contributed by atoms with Gasteiger partial charge in [0.1, 0.15) is 0 Å². The van der Waals surface area contributed by atoms with Crippen LogP contribution in [0.5, 0.6) is 0 Å². The Balaban J connectivity index is 2.05. The van der Waals surface area contributed by atoms with Crippen molar-refractivity contribution in [1.82, 2.24) is 4.98 Å². The summed E-state index contributed by atoms with van der Waals surface area (Å²) in [7, 11) is 0. The Hall–Kier alpha value is -1.83. The molecule has 0 atom stereocenters. The Labute approximate surface area is 95.6 Å².